The fourth-order valence-corrected chi connectivity index (χ4v) is 2.45. The van der Waals surface area contributed by atoms with Crippen LogP contribution in [0.15, 0.2) is 30.0 Å². The van der Waals surface area contributed by atoms with Crippen molar-refractivity contribution in [3.05, 3.63) is 40.6 Å². The lowest BCUT2D eigenvalue weighted by Gasteiger charge is -2.14. The van der Waals surface area contributed by atoms with Gasteiger partial charge in [-0.25, -0.2) is 0 Å². The predicted octanol–water partition coefficient (Wildman–Crippen LogP) is -0.0590. The Morgan fingerprint density at radius 1 is 1.41 bits per heavy atom. The van der Waals surface area contributed by atoms with Crippen molar-refractivity contribution < 1.29 is 29.3 Å². The van der Waals surface area contributed by atoms with Crippen LogP contribution in [0.25, 0.3) is 0 Å². The number of ketones is 2. The summed E-state index contributed by atoms with van der Waals surface area (Å²) in [6.07, 6.45) is -0.167. The molecule has 1 amide bonds. The lowest BCUT2D eigenvalue weighted by atomic mass is 9.90. The summed E-state index contributed by atoms with van der Waals surface area (Å²) in [5, 5.41) is 21.1. The van der Waals surface area contributed by atoms with Crippen molar-refractivity contribution >= 4 is 29.1 Å². The van der Waals surface area contributed by atoms with E-state index < -0.39 is 41.5 Å². The lowest BCUT2D eigenvalue weighted by molar-refractivity contribution is -0.123. The van der Waals surface area contributed by atoms with Crippen molar-refractivity contribution in [2.45, 2.75) is 11.7 Å². The topological polar surface area (TPSA) is 116 Å². The van der Waals surface area contributed by atoms with Crippen molar-refractivity contribution in [3.8, 4) is 5.75 Å². The molecular weight excluding hydrogens is 314 g/mol. The summed E-state index contributed by atoms with van der Waals surface area (Å²) in [5.41, 5.74) is -1.88. The first-order valence-electron chi connectivity index (χ1n) is 6.28. The molecule has 114 valence electrons. The number of halogens is 1. The number of ether oxygens (including phenoxy) is 1. The van der Waals surface area contributed by atoms with Gasteiger partial charge in [-0.2, -0.15) is 0 Å². The third kappa shape index (κ3) is 2.02. The molecule has 0 aromatic heterocycles. The number of benzene rings is 1. The predicted molar refractivity (Wildman–Crippen MR) is 73.4 cm³/mol. The summed E-state index contributed by atoms with van der Waals surface area (Å²) >= 11 is 5.71. The van der Waals surface area contributed by atoms with E-state index in [4.69, 9.17) is 21.4 Å². The van der Waals surface area contributed by atoms with E-state index in [-0.39, 0.29) is 16.3 Å². The zero-order valence-corrected chi connectivity index (χ0v) is 11.8. The van der Waals surface area contributed by atoms with Crippen LogP contribution in [0.4, 0.5) is 0 Å². The second-order valence-corrected chi connectivity index (χ2v) is 5.33. The molecule has 0 unspecified atom stereocenters. The number of aliphatic hydroxyl groups excluding tert-OH is 1. The van der Waals surface area contributed by atoms with Crippen LogP contribution in [0.2, 0.25) is 5.02 Å². The molecule has 0 radical (unpaired) electrons. The number of Topliss-reactive ketones (excluding diaryl/α,β-unsaturated/α-hetero) is 1. The van der Waals surface area contributed by atoms with Crippen molar-refractivity contribution in [2.75, 3.05) is 6.61 Å². The first-order chi connectivity index (χ1) is 10.4. The van der Waals surface area contributed by atoms with Crippen molar-refractivity contribution in [2.24, 2.45) is 0 Å². The number of hydrogen-bond acceptors (Lipinski definition) is 6. The number of nitrogens with one attached hydrogen (secondary N) is 1. The molecule has 1 heterocycles. The van der Waals surface area contributed by atoms with E-state index in [1.54, 1.807) is 0 Å². The molecule has 1 fully saturated rings. The Hall–Kier alpha value is -2.22. The molecule has 1 aromatic carbocycles. The van der Waals surface area contributed by atoms with E-state index in [2.05, 4.69) is 5.32 Å². The largest absolute Gasteiger partial charge is 0.506 e. The SMILES string of the molecule is O=C(NC1=CC(=O)[C@@]2(CO)O[C@@H]2C1=O)c1cccc(Cl)c1O. The molecule has 0 bridgehead atoms. The molecule has 3 rings (SSSR count). The molecule has 0 saturated carbocycles. The van der Waals surface area contributed by atoms with Crippen LogP contribution in [0, 0.1) is 0 Å². The quantitative estimate of drug-likeness (QED) is 0.671. The fraction of sp³-hybridized carbons (Fsp3) is 0.214. The van der Waals surface area contributed by atoms with Gasteiger partial charge in [0.2, 0.25) is 5.78 Å². The number of amides is 1. The average molecular weight is 324 g/mol. The Labute approximate surface area is 129 Å². The standard InChI is InChI=1S/C14H10ClNO6/c15-7-3-1-2-6(10(7)19)13(21)16-8-4-9(18)14(5-17)12(22-14)11(8)20/h1-4,12,17,19H,5H2,(H,16,21)/t12-,14-/m1/s1. The van der Waals surface area contributed by atoms with Crippen molar-refractivity contribution in [1.29, 1.82) is 0 Å². The molecule has 1 aliphatic heterocycles. The van der Waals surface area contributed by atoms with E-state index in [1.165, 1.54) is 18.2 Å². The highest BCUT2D eigenvalue weighted by molar-refractivity contribution is 6.32. The smallest absolute Gasteiger partial charge is 0.259 e. The minimum Gasteiger partial charge on any atom is -0.506 e. The number of phenols is 1. The molecule has 2 atom stereocenters. The van der Waals surface area contributed by atoms with Gasteiger partial charge in [0, 0.05) is 6.08 Å². The lowest BCUT2D eigenvalue weighted by Crippen LogP contribution is -2.41. The first kappa shape index (κ1) is 14.7. The Balaban J connectivity index is 1.85. The van der Waals surface area contributed by atoms with Crippen LogP contribution >= 0.6 is 11.6 Å². The average Bonchev–Trinajstić information content (AvgIpc) is 3.24. The number of aromatic hydroxyl groups is 1. The van der Waals surface area contributed by atoms with Gasteiger partial charge < -0.3 is 20.3 Å². The van der Waals surface area contributed by atoms with Crippen LogP contribution < -0.4 is 5.32 Å². The molecule has 1 aliphatic carbocycles. The summed E-state index contributed by atoms with van der Waals surface area (Å²) in [5.74, 6) is -2.41. The number of epoxide rings is 1. The maximum Gasteiger partial charge on any atom is 0.259 e. The van der Waals surface area contributed by atoms with Crippen molar-refractivity contribution in [1.82, 2.24) is 5.32 Å². The van der Waals surface area contributed by atoms with Crippen LogP contribution in [0.3, 0.4) is 0 Å². The summed E-state index contributed by atoms with van der Waals surface area (Å²) in [4.78, 5) is 36.0. The van der Waals surface area contributed by atoms with E-state index in [1.807, 2.05) is 0 Å². The third-order valence-corrected chi connectivity index (χ3v) is 3.91. The maximum absolute atomic E-state index is 12.1. The summed E-state index contributed by atoms with van der Waals surface area (Å²) in [7, 11) is 0. The highest BCUT2D eigenvalue weighted by atomic mass is 35.5. The van der Waals surface area contributed by atoms with Gasteiger partial charge in [0.05, 0.1) is 22.9 Å². The highest BCUT2D eigenvalue weighted by Gasteiger charge is 2.67. The van der Waals surface area contributed by atoms with Gasteiger partial charge in [-0.3, -0.25) is 14.4 Å². The minimum absolute atomic E-state index is 0.0162. The fourth-order valence-electron chi connectivity index (χ4n) is 2.28. The Kier molecular flexibility index (Phi) is 3.28. The van der Waals surface area contributed by atoms with Gasteiger partial charge in [0.1, 0.15) is 5.75 Å². The van der Waals surface area contributed by atoms with Crippen LogP contribution in [0.5, 0.6) is 5.75 Å². The van der Waals surface area contributed by atoms with E-state index in [9.17, 15) is 19.5 Å². The number of aliphatic hydroxyl groups is 1. The highest BCUT2D eigenvalue weighted by Crippen LogP contribution is 2.42. The van der Waals surface area contributed by atoms with Gasteiger partial charge in [-0.1, -0.05) is 17.7 Å². The molecule has 1 saturated heterocycles. The molecular formula is C14H10ClNO6. The molecule has 1 aromatic rings. The number of fused-ring (bicyclic) bond motifs is 1. The zero-order chi connectivity index (χ0) is 16.1. The Morgan fingerprint density at radius 3 is 2.82 bits per heavy atom. The van der Waals surface area contributed by atoms with Crippen LogP contribution in [-0.2, 0) is 14.3 Å². The molecule has 0 spiro atoms. The monoisotopic (exact) mass is 323 g/mol. The van der Waals surface area contributed by atoms with Crippen LogP contribution in [0.1, 0.15) is 10.4 Å². The van der Waals surface area contributed by atoms with Gasteiger partial charge >= 0.3 is 0 Å². The van der Waals surface area contributed by atoms with Crippen molar-refractivity contribution in [3.63, 3.8) is 0 Å². The minimum atomic E-state index is -1.50. The maximum atomic E-state index is 12.1. The number of rotatable bonds is 3. The van der Waals surface area contributed by atoms with E-state index in [0.717, 1.165) is 6.08 Å². The first-order valence-corrected chi connectivity index (χ1v) is 6.66. The third-order valence-electron chi connectivity index (χ3n) is 3.61. The van der Waals surface area contributed by atoms with Crippen LogP contribution in [-0.4, -0.2) is 46.0 Å². The Bertz CT molecular complexity index is 743. The number of para-hydroxylation sites is 1. The number of carbonyl (C=O) groups excluding carboxylic acids is 3. The summed E-state index contributed by atoms with van der Waals surface area (Å²) in [6, 6.07) is 4.17. The van der Waals surface area contributed by atoms with Gasteiger partial charge in [0.25, 0.3) is 5.91 Å². The van der Waals surface area contributed by atoms with Gasteiger partial charge in [-0.15, -0.1) is 0 Å². The number of phenolic OH excluding ortho intramolecular Hbond substituents is 1. The number of hydrogen-bond donors (Lipinski definition) is 3. The van der Waals surface area contributed by atoms with E-state index in [0.29, 0.717) is 0 Å². The van der Waals surface area contributed by atoms with Gasteiger partial charge in [0.15, 0.2) is 17.5 Å². The normalized spacial score (nSPS) is 26.3. The number of carbonyl (C=O) groups is 3. The molecule has 7 nitrogen and oxygen atoms in total. The van der Waals surface area contributed by atoms with E-state index >= 15 is 0 Å². The summed E-state index contributed by atoms with van der Waals surface area (Å²) in [6.45, 7) is -0.602. The van der Waals surface area contributed by atoms with Gasteiger partial charge in [-0.05, 0) is 12.1 Å². The second-order valence-electron chi connectivity index (χ2n) is 4.92. The second kappa shape index (κ2) is 4.91. The molecule has 22 heavy (non-hydrogen) atoms. The Morgan fingerprint density at radius 2 is 2.14 bits per heavy atom. The molecule has 8 heteroatoms. The molecule has 3 N–H and O–H groups in total. The molecule has 2 aliphatic rings. The summed E-state index contributed by atoms with van der Waals surface area (Å²) < 4.78 is 4.98. The zero-order valence-electron chi connectivity index (χ0n) is 11.0.